The van der Waals surface area contributed by atoms with Crippen LogP contribution in [0.4, 0.5) is 5.69 Å². The molecule has 0 aliphatic heterocycles. The summed E-state index contributed by atoms with van der Waals surface area (Å²) in [6, 6.07) is 10.1. The molecule has 2 rings (SSSR count). The average Bonchev–Trinajstić information content (AvgIpc) is 2.87. The zero-order valence-corrected chi connectivity index (χ0v) is 11.5. The molecule has 0 spiro atoms. The van der Waals surface area contributed by atoms with Gasteiger partial charge < -0.3 is 9.88 Å². The first-order valence-corrected chi connectivity index (χ1v) is 6.63. The van der Waals surface area contributed by atoms with E-state index >= 15 is 0 Å². The molecule has 1 heterocycles. The smallest absolute Gasteiger partial charge is 0.224 e. The van der Waals surface area contributed by atoms with Crippen LogP contribution in [0.1, 0.15) is 24.0 Å². The van der Waals surface area contributed by atoms with Gasteiger partial charge in [0.2, 0.25) is 5.91 Å². The molecule has 1 N–H and O–H groups in total. The second kappa shape index (κ2) is 6.23. The van der Waals surface area contributed by atoms with E-state index in [0.29, 0.717) is 6.42 Å². The zero-order chi connectivity index (χ0) is 13.7. The molecule has 1 amide bonds. The first kappa shape index (κ1) is 13.4. The second-order valence-electron chi connectivity index (χ2n) is 4.89. The van der Waals surface area contributed by atoms with Crippen LogP contribution in [-0.4, -0.2) is 10.5 Å². The van der Waals surface area contributed by atoms with Crippen molar-refractivity contribution in [1.82, 2.24) is 4.57 Å². The molecule has 3 nitrogen and oxygen atoms in total. The van der Waals surface area contributed by atoms with Gasteiger partial charge in [-0.25, -0.2) is 0 Å². The number of nitrogens with one attached hydrogen (secondary N) is 1. The minimum Gasteiger partial charge on any atom is -0.354 e. The standard InChI is InChI=1S/C16H20N2O/c1-13-7-8-14(2)15(12-13)17-16(19)6-5-11-18-9-3-4-10-18/h3-4,7-10,12H,5-6,11H2,1-2H3,(H,17,19). The van der Waals surface area contributed by atoms with Gasteiger partial charge in [0.25, 0.3) is 0 Å². The number of hydrogen-bond donors (Lipinski definition) is 1. The number of nitrogens with zero attached hydrogens (tertiary/aromatic N) is 1. The zero-order valence-electron chi connectivity index (χ0n) is 11.5. The largest absolute Gasteiger partial charge is 0.354 e. The summed E-state index contributed by atoms with van der Waals surface area (Å²) in [4.78, 5) is 11.9. The van der Waals surface area contributed by atoms with Crippen molar-refractivity contribution >= 4 is 11.6 Å². The molecule has 0 saturated heterocycles. The van der Waals surface area contributed by atoms with Crippen LogP contribution in [0.15, 0.2) is 42.7 Å². The average molecular weight is 256 g/mol. The number of carbonyl (C=O) groups excluding carboxylic acids is 1. The summed E-state index contributed by atoms with van der Waals surface area (Å²) in [6.07, 6.45) is 5.43. The fraction of sp³-hybridized carbons (Fsp3) is 0.312. The third-order valence-corrected chi connectivity index (χ3v) is 3.15. The molecule has 3 heteroatoms. The van der Waals surface area contributed by atoms with E-state index in [4.69, 9.17) is 0 Å². The van der Waals surface area contributed by atoms with Crippen molar-refractivity contribution in [1.29, 1.82) is 0 Å². The van der Waals surface area contributed by atoms with Crippen LogP contribution in [0.3, 0.4) is 0 Å². The Morgan fingerprint density at radius 2 is 1.95 bits per heavy atom. The number of benzene rings is 1. The summed E-state index contributed by atoms with van der Waals surface area (Å²) in [7, 11) is 0. The van der Waals surface area contributed by atoms with Gasteiger partial charge in [-0.1, -0.05) is 12.1 Å². The fourth-order valence-electron chi connectivity index (χ4n) is 2.02. The van der Waals surface area contributed by atoms with Gasteiger partial charge in [0.05, 0.1) is 0 Å². The molecule has 2 aromatic rings. The molecular formula is C16H20N2O. The Balaban J connectivity index is 1.82. The number of hydrogen-bond acceptors (Lipinski definition) is 1. The van der Waals surface area contributed by atoms with E-state index in [-0.39, 0.29) is 5.91 Å². The van der Waals surface area contributed by atoms with Crippen LogP contribution < -0.4 is 5.32 Å². The Morgan fingerprint density at radius 1 is 1.21 bits per heavy atom. The molecule has 0 radical (unpaired) electrons. The lowest BCUT2D eigenvalue weighted by molar-refractivity contribution is -0.116. The van der Waals surface area contributed by atoms with Crippen LogP contribution in [0.2, 0.25) is 0 Å². The molecule has 0 saturated carbocycles. The molecule has 100 valence electrons. The first-order valence-electron chi connectivity index (χ1n) is 6.63. The van der Waals surface area contributed by atoms with E-state index in [9.17, 15) is 4.79 Å². The number of carbonyl (C=O) groups is 1. The van der Waals surface area contributed by atoms with Gasteiger partial charge in [0.1, 0.15) is 0 Å². The van der Waals surface area contributed by atoms with Crippen LogP contribution in [0.5, 0.6) is 0 Å². The summed E-state index contributed by atoms with van der Waals surface area (Å²) >= 11 is 0. The van der Waals surface area contributed by atoms with Crippen molar-refractivity contribution in [2.75, 3.05) is 5.32 Å². The van der Waals surface area contributed by atoms with Gasteiger partial charge in [-0.2, -0.15) is 0 Å². The normalized spacial score (nSPS) is 10.4. The Kier molecular flexibility index (Phi) is 4.39. The van der Waals surface area contributed by atoms with Gasteiger partial charge in [-0.05, 0) is 49.6 Å². The van der Waals surface area contributed by atoms with Gasteiger partial charge >= 0.3 is 0 Å². The molecule has 0 fully saturated rings. The van der Waals surface area contributed by atoms with Crippen molar-refractivity contribution in [2.24, 2.45) is 0 Å². The summed E-state index contributed by atoms with van der Waals surface area (Å²) in [5.74, 6) is 0.0841. The summed E-state index contributed by atoms with van der Waals surface area (Å²) in [5, 5.41) is 2.98. The molecule has 1 aromatic heterocycles. The molecule has 1 aromatic carbocycles. The Morgan fingerprint density at radius 3 is 2.68 bits per heavy atom. The van der Waals surface area contributed by atoms with Crippen molar-refractivity contribution in [3.05, 3.63) is 53.9 Å². The highest BCUT2D eigenvalue weighted by atomic mass is 16.1. The van der Waals surface area contributed by atoms with Crippen molar-refractivity contribution < 1.29 is 4.79 Å². The predicted molar refractivity (Wildman–Crippen MR) is 78.2 cm³/mol. The highest BCUT2D eigenvalue weighted by Gasteiger charge is 2.04. The highest BCUT2D eigenvalue weighted by Crippen LogP contribution is 2.16. The molecular weight excluding hydrogens is 236 g/mol. The maximum Gasteiger partial charge on any atom is 0.224 e. The predicted octanol–water partition coefficient (Wildman–Crippen LogP) is 3.52. The van der Waals surface area contributed by atoms with Crippen LogP contribution in [-0.2, 0) is 11.3 Å². The van der Waals surface area contributed by atoms with E-state index < -0.39 is 0 Å². The molecule has 0 bridgehead atoms. The van der Waals surface area contributed by atoms with Crippen molar-refractivity contribution in [3.63, 3.8) is 0 Å². The number of aromatic nitrogens is 1. The molecule has 0 aliphatic rings. The van der Waals surface area contributed by atoms with Gasteiger partial charge in [-0.15, -0.1) is 0 Å². The van der Waals surface area contributed by atoms with E-state index in [1.54, 1.807) is 0 Å². The summed E-state index contributed by atoms with van der Waals surface area (Å²) in [6.45, 7) is 4.92. The lowest BCUT2D eigenvalue weighted by Gasteiger charge is -2.09. The molecule has 0 atom stereocenters. The highest BCUT2D eigenvalue weighted by molar-refractivity contribution is 5.91. The number of aryl methyl sites for hydroxylation is 3. The first-order chi connectivity index (χ1) is 9.15. The van der Waals surface area contributed by atoms with Gasteiger partial charge in [-0.3, -0.25) is 4.79 Å². The van der Waals surface area contributed by atoms with Gasteiger partial charge in [0, 0.05) is 31.0 Å². The van der Waals surface area contributed by atoms with Crippen molar-refractivity contribution in [2.45, 2.75) is 33.2 Å². The number of anilines is 1. The van der Waals surface area contributed by atoms with Crippen molar-refractivity contribution in [3.8, 4) is 0 Å². The topological polar surface area (TPSA) is 34.0 Å². The van der Waals surface area contributed by atoms with Crippen LogP contribution in [0.25, 0.3) is 0 Å². The Labute approximate surface area is 114 Å². The van der Waals surface area contributed by atoms with E-state index in [2.05, 4.69) is 16.0 Å². The lowest BCUT2D eigenvalue weighted by Crippen LogP contribution is -2.13. The van der Waals surface area contributed by atoms with Crippen LogP contribution >= 0.6 is 0 Å². The van der Waals surface area contributed by atoms with E-state index in [1.807, 2.05) is 50.5 Å². The maximum atomic E-state index is 11.9. The van der Waals surface area contributed by atoms with E-state index in [0.717, 1.165) is 29.8 Å². The van der Waals surface area contributed by atoms with Gasteiger partial charge in [0.15, 0.2) is 0 Å². The maximum absolute atomic E-state index is 11.9. The fourth-order valence-corrected chi connectivity index (χ4v) is 2.02. The minimum absolute atomic E-state index is 0.0841. The number of amides is 1. The monoisotopic (exact) mass is 256 g/mol. The Bertz CT molecular complexity index is 544. The minimum atomic E-state index is 0.0841. The van der Waals surface area contributed by atoms with Crippen LogP contribution in [0, 0.1) is 13.8 Å². The number of rotatable bonds is 5. The SMILES string of the molecule is Cc1ccc(C)c(NC(=O)CCCn2cccc2)c1. The third kappa shape index (κ3) is 3.98. The second-order valence-corrected chi connectivity index (χ2v) is 4.89. The lowest BCUT2D eigenvalue weighted by atomic mass is 10.1. The Hall–Kier alpha value is -2.03. The molecule has 0 aliphatic carbocycles. The summed E-state index contributed by atoms with van der Waals surface area (Å²) in [5.41, 5.74) is 3.18. The summed E-state index contributed by atoms with van der Waals surface area (Å²) < 4.78 is 2.09. The van der Waals surface area contributed by atoms with E-state index in [1.165, 1.54) is 0 Å². The molecule has 0 unspecified atom stereocenters. The molecule has 19 heavy (non-hydrogen) atoms. The quantitative estimate of drug-likeness (QED) is 0.872. The third-order valence-electron chi connectivity index (χ3n) is 3.15.